The highest BCUT2D eigenvalue weighted by atomic mass is 15.1. The molecule has 0 unspecified atom stereocenters. The Morgan fingerprint density at radius 1 is 0.750 bits per heavy atom. The Hall–Kier alpha value is -4.04. The number of rotatable bonds is 3. The van der Waals surface area contributed by atoms with Gasteiger partial charge in [0, 0.05) is 40.6 Å². The lowest BCUT2D eigenvalue weighted by atomic mass is 9.82. The van der Waals surface area contributed by atoms with Crippen LogP contribution in [0.25, 0.3) is 33.8 Å². The van der Waals surface area contributed by atoms with Crippen LogP contribution in [-0.2, 0) is 11.8 Å². The van der Waals surface area contributed by atoms with Gasteiger partial charge in [-0.05, 0) is 89.2 Å². The Kier molecular flexibility index (Phi) is 4.56. The van der Waals surface area contributed by atoms with Crippen molar-refractivity contribution in [1.82, 2.24) is 4.57 Å². The summed E-state index contributed by atoms with van der Waals surface area (Å²) in [5.41, 5.74) is 13.3. The van der Waals surface area contributed by atoms with Crippen molar-refractivity contribution >= 4 is 28.4 Å². The molecule has 2 aliphatic carbocycles. The van der Waals surface area contributed by atoms with Gasteiger partial charge in [0.05, 0.1) is 5.52 Å². The van der Waals surface area contributed by atoms with E-state index in [2.05, 4.69) is 134 Å². The van der Waals surface area contributed by atoms with Gasteiger partial charge in [0.1, 0.15) is 0 Å². The molecule has 2 heteroatoms. The molecule has 4 aromatic carbocycles. The average Bonchev–Trinajstić information content (AvgIpc) is 3.37. The smallest absolute Gasteiger partial charge is 0.0539 e. The van der Waals surface area contributed by atoms with Crippen LogP contribution in [0.3, 0.4) is 0 Å². The van der Waals surface area contributed by atoms with Crippen LogP contribution in [0.4, 0.5) is 11.4 Å². The molecule has 2 aliphatic rings. The number of aromatic nitrogens is 1. The molecule has 0 aliphatic heterocycles. The van der Waals surface area contributed by atoms with Crippen molar-refractivity contribution in [3.05, 3.63) is 119 Å². The van der Waals surface area contributed by atoms with Crippen LogP contribution in [0, 0.1) is 0 Å². The molecule has 0 fully saturated rings. The lowest BCUT2D eigenvalue weighted by Crippen LogP contribution is -2.15. The second-order valence-corrected chi connectivity index (χ2v) is 10.6. The molecule has 5 aromatic rings. The minimum atomic E-state index is -0.00758. The molecule has 0 saturated heterocycles. The monoisotopic (exact) mass is 466 g/mol. The van der Waals surface area contributed by atoms with Crippen molar-refractivity contribution in [2.45, 2.75) is 32.1 Å². The number of hydrogen-bond acceptors (Lipinski definition) is 1. The van der Waals surface area contributed by atoms with Crippen LogP contribution in [-0.4, -0.2) is 11.6 Å². The van der Waals surface area contributed by atoms with Gasteiger partial charge in [0.2, 0.25) is 0 Å². The first-order chi connectivity index (χ1) is 17.5. The maximum Gasteiger partial charge on any atom is 0.0539 e. The molecule has 0 radical (unpaired) electrons. The van der Waals surface area contributed by atoms with Gasteiger partial charge < -0.3 is 9.47 Å². The summed E-state index contributed by atoms with van der Waals surface area (Å²) in [6.07, 6.45) is 6.82. The second kappa shape index (κ2) is 7.73. The summed E-state index contributed by atoms with van der Waals surface area (Å²) in [4.78, 5) is 2.27. The zero-order valence-electron chi connectivity index (χ0n) is 21.1. The lowest BCUT2D eigenvalue weighted by molar-refractivity contribution is 0.660. The van der Waals surface area contributed by atoms with E-state index in [1.807, 2.05) is 0 Å². The van der Waals surface area contributed by atoms with Gasteiger partial charge in [-0.2, -0.15) is 0 Å². The second-order valence-electron chi connectivity index (χ2n) is 10.6. The van der Waals surface area contributed by atoms with Gasteiger partial charge in [-0.25, -0.2) is 0 Å². The number of nitrogens with zero attached hydrogens (tertiary/aromatic N) is 2. The van der Waals surface area contributed by atoms with Crippen molar-refractivity contribution in [3.8, 4) is 16.8 Å². The van der Waals surface area contributed by atoms with Gasteiger partial charge in [0.25, 0.3) is 0 Å². The van der Waals surface area contributed by atoms with E-state index in [1.54, 1.807) is 0 Å². The van der Waals surface area contributed by atoms with E-state index in [9.17, 15) is 0 Å². The third kappa shape index (κ3) is 2.97. The molecule has 0 atom stereocenters. The van der Waals surface area contributed by atoms with E-state index in [0.717, 1.165) is 12.8 Å². The van der Waals surface area contributed by atoms with Crippen molar-refractivity contribution in [1.29, 1.82) is 0 Å². The van der Waals surface area contributed by atoms with Crippen LogP contribution >= 0.6 is 0 Å². The highest BCUT2D eigenvalue weighted by Gasteiger charge is 2.35. The molecule has 2 nitrogen and oxygen atoms in total. The zero-order valence-corrected chi connectivity index (χ0v) is 21.1. The maximum atomic E-state index is 2.48. The summed E-state index contributed by atoms with van der Waals surface area (Å²) >= 11 is 0. The normalized spacial score (nSPS) is 15.0. The molecule has 7 rings (SSSR count). The molecular formula is C34H30N2. The molecule has 0 spiro atoms. The van der Waals surface area contributed by atoms with Crippen molar-refractivity contribution < 1.29 is 0 Å². The Morgan fingerprint density at radius 2 is 1.53 bits per heavy atom. The first kappa shape index (κ1) is 21.3. The summed E-state index contributed by atoms with van der Waals surface area (Å²) < 4.78 is 2.48. The summed E-state index contributed by atoms with van der Waals surface area (Å²) in [5.74, 6) is 0. The van der Waals surface area contributed by atoms with Crippen LogP contribution in [0.1, 0.15) is 42.7 Å². The van der Waals surface area contributed by atoms with E-state index in [0.29, 0.717) is 0 Å². The highest BCUT2D eigenvalue weighted by Crippen LogP contribution is 2.49. The Morgan fingerprint density at radius 3 is 2.39 bits per heavy atom. The minimum absolute atomic E-state index is 0.00758. The number of aryl methyl sites for hydroxylation is 1. The minimum Gasteiger partial charge on any atom is -0.345 e. The molecule has 0 amide bonds. The molecule has 176 valence electrons. The van der Waals surface area contributed by atoms with E-state index in [-0.39, 0.29) is 5.41 Å². The summed E-state index contributed by atoms with van der Waals surface area (Å²) in [7, 11) is 2.15. The van der Waals surface area contributed by atoms with Gasteiger partial charge in [-0.3, -0.25) is 0 Å². The molecule has 0 bridgehead atoms. The molecule has 0 saturated carbocycles. The Labute approximate surface area is 213 Å². The molecule has 0 N–H and O–H groups in total. The fourth-order valence-corrected chi connectivity index (χ4v) is 6.34. The standard InChI is InChI=1S/C34H30N2/c1-34(2)30-15-9-7-13-26(30)27-19-17-25(22-31(27)34)36-32-16-10-8-14-28(32)29-21-24(18-20-33(29)36)35(3)23-11-5-4-6-12-23/h4-7,9-13,15-22H,8,14H2,1-3H3. The third-order valence-electron chi connectivity index (χ3n) is 8.29. The van der Waals surface area contributed by atoms with Crippen LogP contribution in [0.2, 0.25) is 0 Å². The van der Waals surface area contributed by atoms with Gasteiger partial charge in [0.15, 0.2) is 0 Å². The first-order valence-corrected chi connectivity index (χ1v) is 12.9. The lowest BCUT2D eigenvalue weighted by Gasteiger charge is -2.22. The fourth-order valence-electron chi connectivity index (χ4n) is 6.34. The first-order valence-electron chi connectivity index (χ1n) is 12.9. The van der Waals surface area contributed by atoms with Crippen molar-refractivity contribution in [2.24, 2.45) is 0 Å². The van der Waals surface area contributed by atoms with E-state index in [4.69, 9.17) is 0 Å². The Bertz CT molecular complexity index is 1670. The maximum absolute atomic E-state index is 2.48. The number of anilines is 2. The average molecular weight is 467 g/mol. The molecule has 1 heterocycles. The Balaban J connectivity index is 1.41. The predicted octanol–water partition coefficient (Wildman–Crippen LogP) is 8.66. The van der Waals surface area contributed by atoms with E-state index < -0.39 is 0 Å². The van der Waals surface area contributed by atoms with Crippen molar-refractivity contribution in [2.75, 3.05) is 11.9 Å². The van der Waals surface area contributed by atoms with Crippen LogP contribution in [0.5, 0.6) is 0 Å². The van der Waals surface area contributed by atoms with Crippen LogP contribution < -0.4 is 4.90 Å². The molecular weight excluding hydrogens is 436 g/mol. The third-order valence-corrected chi connectivity index (χ3v) is 8.29. The van der Waals surface area contributed by atoms with E-state index >= 15 is 0 Å². The number of benzene rings is 4. The highest BCUT2D eigenvalue weighted by molar-refractivity contribution is 5.94. The largest absolute Gasteiger partial charge is 0.345 e. The van der Waals surface area contributed by atoms with E-state index in [1.165, 1.54) is 61.5 Å². The van der Waals surface area contributed by atoms with Gasteiger partial charge >= 0.3 is 0 Å². The number of fused-ring (bicyclic) bond motifs is 6. The summed E-state index contributed by atoms with van der Waals surface area (Å²) in [6, 6.07) is 33.5. The SMILES string of the molecule is CN(c1ccccc1)c1ccc2c(c1)c1c(n2-c2ccc3c(c2)C(C)(C)c2ccccc2-3)C=CCC1. The number of para-hydroxylation sites is 1. The summed E-state index contributed by atoms with van der Waals surface area (Å²) in [6.45, 7) is 4.71. The quantitative estimate of drug-likeness (QED) is 0.258. The fraction of sp³-hybridized carbons (Fsp3) is 0.176. The number of hydrogen-bond donors (Lipinski definition) is 0. The molecule has 1 aromatic heterocycles. The van der Waals surface area contributed by atoms with Gasteiger partial charge in [-0.1, -0.05) is 68.5 Å². The topological polar surface area (TPSA) is 8.17 Å². The van der Waals surface area contributed by atoms with Crippen LogP contribution in [0.15, 0.2) is 97.1 Å². The predicted molar refractivity (Wildman–Crippen MR) is 153 cm³/mol. The molecule has 36 heavy (non-hydrogen) atoms. The van der Waals surface area contributed by atoms with Gasteiger partial charge in [-0.15, -0.1) is 0 Å². The van der Waals surface area contributed by atoms with Crippen molar-refractivity contribution in [3.63, 3.8) is 0 Å². The zero-order chi connectivity index (χ0) is 24.4. The number of allylic oxidation sites excluding steroid dienone is 1. The summed E-state index contributed by atoms with van der Waals surface area (Å²) in [5, 5.41) is 1.36.